The van der Waals surface area contributed by atoms with Crippen LogP contribution in [0.5, 0.6) is 5.75 Å². The van der Waals surface area contributed by atoms with Gasteiger partial charge >= 0.3 is 0 Å². The molecule has 0 amide bonds. The molecule has 0 saturated carbocycles. The third kappa shape index (κ3) is 4.91. The van der Waals surface area contributed by atoms with Gasteiger partial charge in [0.05, 0.1) is 0 Å². The SMILES string of the molecule is Cc1ccc(NCc2ccc(OCc3ccccc3Cl)cc2)cc1Cl. The van der Waals surface area contributed by atoms with Crippen molar-refractivity contribution < 1.29 is 4.74 Å². The summed E-state index contributed by atoms with van der Waals surface area (Å²) in [6, 6.07) is 21.7. The Kier molecular flexibility index (Phi) is 5.85. The first-order valence-corrected chi connectivity index (χ1v) is 8.82. The smallest absolute Gasteiger partial charge is 0.119 e. The highest BCUT2D eigenvalue weighted by atomic mass is 35.5. The fourth-order valence-electron chi connectivity index (χ4n) is 2.39. The Morgan fingerprint density at radius 1 is 0.880 bits per heavy atom. The summed E-state index contributed by atoms with van der Waals surface area (Å²) >= 11 is 12.3. The van der Waals surface area contributed by atoms with E-state index in [-0.39, 0.29) is 0 Å². The normalized spacial score (nSPS) is 10.5. The first-order valence-electron chi connectivity index (χ1n) is 8.07. The van der Waals surface area contributed by atoms with Crippen LogP contribution in [0.1, 0.15) is 16.7 Å². The van der Waals surface area contributed by atoms with Crippen molar-refractivity contribution in [2.24, 2.45) is 0 Å². The second kappa shape index (κ2) is 8.28. The van der Waals surface area contributed by atoms with E-state index in [2.05, 4.69) is 5.32 Å². The molecule has 0 atom stereocenters. The fourth-order valence-corrected chi connectivity index (χ4v) is 2.76. The lowest BCUT2D eigenvalue weighted by Crippen LogP contribution is -2.00. The summed E-state index contributed by atoms with van der Waals surface area (Å²) in [5.74, 6) is 0.821. The Labute approximate surface area is 158 Å². The molecule has 3 rings (SSSR count). The monoisotopic (exact) mass is 371 g/mol. The van der Waals surface area contributed by atoms with E-state index in [1.807, 2.05) is 73.7 Å². The Hall–Kier alpha value is -2.16. The molecular formula is C21H19Cl2NO. The van der Waals surface area contributed by atoms with Crippen molar-refractivity contribution in [3.05, 3.63) is 93.5 Å². The molecular weight excluding hydrogens is 353 g/mol. The van der Waals surface area contributed by atoms with Crippen LogP contribution in [-0.4, -0.2) is 0 Å². The highest BCUT2D eigenvalue weighted by Gasteiger charge is 2.02. The molecule has 0 radical (unpaired) electrons. The molecule has 0 heterocycles. The molecule has 25 heavy (non-hydrogen) atoms. The molecule has 3 aromatic carbocycles. The molecule has 0 aliphatic carbocycles. The average molecular weight is 372 g/mol. The van der Waals surface area contributed by atoms with Crippen LogP contribution in [0, 0.1) is 6.92 Å². The van der Waals surface area contributed by atoms with Gasteiger partial charge in [-0.1, -0.05) is 59.6 Å². The minimum Gasteiger partial charge on any atom is -0.489 e. The summed E-state index contributed by atoms with van der Waals surface area (Å²) in [4.78, 5) is 0. The third-order valence-electron chi connectivity index (χ3n) is 3.94. The van der Waals surface area contributed by atoms with Crippen molar-refractivity contribution in [1.29, 1.82) is 0 Å². The summed E-state index contributed by atoms with van der Waals surface area (Å²) in [6.07, 6.45) is 0. The van der Waals surface area contributed by atoms with Gasteiger partial charge in [-0.15, -0.1) is 0 Å². The summed E-state index contributed by atoms with van der Waals surface area (Å²) in [5, 5.41) is 4.86. The summed E-state index contributed by atoms with van der Waals surface area (Å²) < 4.78 is 5.80. The van der Waals surface area contributed by atoms with E-state index >= 15 is 0 Å². The third-order valence-corrected chi connectivity index (χ3v) is 4.72. The average Bonchev–Trinajstić information content (AvgIpc) is 2.63. The van der Waals surface area contributed by atoms with Gasteiger partial charge in [-0.2, -0.15) is 0 Å². The molecule has 2 nitrogen and oxygen atoms in total. The van der Waals surface area contributed by atoms with E-state index in [1.54, 1.807) is 0 Å². The van der Waals surface area contributed by atoms with Crippen molar-refractivity contribution in [1.82, 2.24) is 0 Å². The van der Waals surface area contributed by atoms with Gasteiger partial charge in [-0.05, 0) is 48.4 Å². The van der Waals surface area contributed by atoms with Crippen molar-refractivity contribution in [3.63, 3.8) is 0 Å². The molecule has 3 aromatic rings. The summed E-state index contributed by atoms with van der Waals surface area (Å²) in [7, 11) is 0. The quantitative estimate of drug-likeness (QED) is 0.534. The number of ether oxygens (including phenoxy) is 1. The number of halogens is 2. The first kappa shape index (κ1) is 17.7. The fraction of sp³-hybridized carbons (Fsp3) is 0.143. The Balaban J connectivity index is 1.55. The maximum absolute atomic E-state index is 6.15. The number of hydrogen-bond acceptors (Lipinski definition) is 2. The lowest BCUT2D eigenvalue weighted by Gasteiger charge is -2.10. The first-order chi connectivity index (χ1) is 12.1. The second-order valence-corrected chi connectivity index (χ2v) is 6.66. The van der Waals surface area contributed by atoms with E-state index in [4.69, 9.17) is 27.9 Å². The largest absolute Gasteiger partial charge is 0.489 e. The highest BCUT2D eigenvalue weighted by Crippen LogP contribution is 2.22. The Morgan fingerprint density at radius 3 is 2.36 bits per heavy atom. The van der Waals surface area contributed by atoms with Gasteiger partial charge in [0.25, 0.3) is 0 Å². The minimum atomic E-state index is 0.457. The van der Waals surface area contributed by atoms with Crippen molar-refractivity contribution in [2.45, 2.75) is 20.1 Å². The molecule has 128 valence electrons. The van der Waals surface area contributed by atoms with Crippen LogP contribution in [0.3, 0.4) is 0 Å². The second-order valence-electron chi connectivity index (χ2n) is 5.84. The van der Waals surface area contributed by atoms with Crippen LogP contribution in [0.15, 0.2) is 66.7 Å². The van der Waals surface area contributed by atoms with E-state index in [0.717, 1.165) is 39.2 Å². The number of rotatable bonds is 6. The van der Waals surface area contributed by atoms with Crippen LogP contribution in [0.4, 0.5) is 5.69 Å². The molecule has 0 saturated heterocycles. The zero-order valence-corrected chi connectivity index (χ0v) is 15.4. The van der Waals surface area contributed by atoms with Gasteiger partial charge in [0.2, 0.25) is 0 Å². The Morgan fingerprint density at radius 2 is 1.64 bits per heavy atom. The van der Waals surface area contributed by atoms with Crippen LogP contribution < -0.4 is 10.1 Å². The molecule has 1 N–H and O–H groups in total. The molecule has 0 bridgehead atoms. The maximum atomic E-state index is 6.15. The van der Waals surface area contributed by atoms with E-state index in [0.29, 0.717) is 6.61 Å². The van der Waals surface area contributed by atoms with E-state index < -0.39 is 0 Å². The zero-order chi connectivity index (χ0) is 17.6. The van der Waals surface area contributed by atoms with E-state index in [1.165, 1.54) is 5.56 Å². The van der Waals surface area contributed by atoms with Gasteiger partial charge in [0.1, 0.15) is 12.4 Å². The lowest BCUT2D eigenvalue weighted by molar-refractivity contribution is 0.306. The maximum Gasteiger partial charge on any atom is 0.119 e. The van der Waals surface area contributed by atoms with Crippen molar-refractivity contribution in [2.75, 3.05) is 5.32 Å². The van der Waals surface area contributed by atoms with Crippen molar-refractivity contribution >= 4 is 28.9 Å². The van der Waals surface area contributed by atoms with Crippen molar-refractivity contribution in [3.8, 4) is 5.75 Å². The lowest BCUT2D eigenvalue weighted by atomic mass is 10.2. The number of benzene rings is 3. The molecule has 0 unspecified atom stereocenters. The number of anilines is 1. The molecule has 4 heteroatoms. The minimum absolute atomic E-state index is 0.457. The Bertz CT molecular complexity index is 847. The van der Waals surface area contributed by atoms with Gasteiger partial charge in [0.15, 0.2) is 0 Å². The van der Waals surface area contributed by atoms with Crippen LogP contribution in [0.2, 0.25) is 10.0 Å². The molecule has 0 spiro atoms. The molecule has 0 aliphatic heterocycles. The van der Waals surface area contributed by atoms with E-state index in [9.17, 15) is 0 Å². The predicted octanol–water partition coefficient (Wildman–Crippen LogP) is 6.49. The topological polar surface area (TPSA) is 21.3 Å². The number of hydrogen-bond donors (Lipinski definition) is 1. The van der Waals surface area contributed by atoms with Crippen LogP contribution in [-0.2, 0) is 13.2 Å². The summed E-state index contributed by atoms with van der Waals surface area (Å²) in [5.41, 5.74) is 4.23. The molecule has 0 fully saturated rings. The molecule has 0 aromatic heterocycles. The van der Waals surface area contributed by atoms with Crippen LogP contribution in [0.25, 0.3) is 0 Å². The highest BCUT2D eigenvalue weighted by molar-refractivity contribution is 6.31. The van der Waals surface area contributed by atoms with Gasteiger partial charge in [-0.25, -0.2) is 0 Å². The summed E-state index contributed by atoms with van der Waals surface area (Å²) in [6.45, 7) is 3.18. The number of nitrogens with one attached hydrogen (secondary N) is 1. The zero-order valence-electron chi connectivity index (χ0n) is 13.9. The molecule has 0 aliphatic rings. The standard InChI is InChI=1S/C21H19Cl2NO/c1-15-6-9-18(12-21(15)23)24-13-16-7-10-19(11-8-16)25-14-17-4-2-3-5-20(17)22/h2-12,24H,13-14H2,1H3. The predicted molar refractivity (Wildman–Crippen MR) is 106 cm³/mol. The van der Waals surface area contributed by atoms with Gasteiger partial charge in [0, 0.05) is 27.8 Å². The number of aryl methyl sites for hydroxylation is 1. The van der Waals surface area contributed by atoms with Crippen LogP contribution >= 0.6 is 23.2 Å². The van der Waals surface area contributed by atoms with Gasteiger partial charge < -0.3 is 10.1 Å². The van der Waals surface area contributed by atoms with Gasteiger partial charge in [-0.3, -0.25) is 0 Å².